The molecule has 0 aliphatic carbocycles. The zero-order chi connectivity index (χ0) is 32.2. The molecule has 0 bridgehead atoms. The molecule has 0 aromatic heterocycles. The van der Waals surface area contributed by atoms with Crippen LogP contribution >= 0.6 is 0 Å². The number of hydrogen-bond donors (Lipinski definition) is 0. The van der Waals surface area contributed by atoms with Gasteiger partial charge in [-0.1, -0.05) is 178 Å². The molecule has 0 fully saturated rings. The third-order valence-electron chi connectivity index (χ3n) is 10.7. The van der Waals surface area contributed by atoms with E-state index in [2.05, 4.69) is 156 Å². The van der Waals surface area contributed by atoms with Crippen molar-refractivity contribution in [1.82, 2.24) is 0 Å². The van der Waals surface area contributed by atoms with Gasteiger partial charge in [0.2, 0.25) is 0 Å². The molecule has 1 nitrogen and oxygen atoms in total. The summed E-state index contributed by atoms with van der Waals surface area (Å²) >= 11 is 0. The zero-order valence-electron chi connectivity index (χ0n) is 30.5. The van der Waals surface area contributed by atoms with Crippen LogP contribution in [0.15, 0.2) is 72.8 Å². The Bertz CT molecular complexity index is 1730. The standard InChI is InChI=1S/C41H51B2O.Li/c1-38(2,3)26-14-18-30-31-19-15-27(39(4,5)6)23-35(31)43(42(44-13)34(30)22-26)36-24-28(40(7,8)9)16-20-32(36)33-21-17-29(25-37(33)43)41(10,11)12;/h14-25H,1-13H3;/q-1;+1. The summed E-state index contributed by atoms with van der Waals surface area (Å²) in [6.45, 7) is 27.8. The monoisotopic (exact) mass is 588 g/mol. The summed E-state index contributed by atoms with van der Waals surface area (Å²) in [5, 5.41) is 0. The van der Waals surface area contributed by atoms with Crippen LogP contribution in [0.25, 0.3) is 22.3 Å². The van der Waals surface area contributed by atoms with E-state index in [4.69, 9.17) is 4.65 Å². The van der Waals surface area contributed by atoms with Crippen molar-refractivity contribution in [2.45, 2.75) is 105 Å². The fourth-order valence-corrected chi connectivity index (χ4v) is 8.06. The van der Waals surface area contributed by atoms with Crippen LogP contribution in [-0.2, 0) is 26.3 Å². The molecule has 0 saturated heterocycles. The summed E-state index contributed by atoms with van der Waals surface area (Å²) in [6.07, 6.45) is 0. The molecule has 0 radical (unpaired) electrons. The van der Waals surface area contributed by atoms with Gasteiger partial charge in [-0.2, -0.15) is 16.4 Å². The number of benzene rings is 4. The normalized spacial score (nSPS) is 15.3. The Labute approximate surface area is 286 Å². The minimum Gasteiger partial charge on any atom is -0.473 e. The summed E-state index contributed by atoms with van der Waals surface area (Å²) in [6, 6.07) is 27.6. The minimum atomic E-state index is -1.53. The maximum atomic E-state index is 6.90. The molecule has 2 heterocycles. The van der Waals surface area contributed by atoms with Gasteiger partial charge in [-0.15, -0.1) is 0 Å². The van der Waals surface area contributed by atoms with Gasteiger partial charge in [0.1, 0.15) is 0 Å². The van der Waals surface area contributed by atoms with Crippen LogP contribution in [-0.4, -0.2) is 20.0 Å². The van der Waals surface area contributed by atoms with E-state index in [-0.39, 0.29) is 47.3 Å². The molecule has 2 aliphatic heterocycles. The van der Waals surface area contributed by atoms with Crippen molar-refractivity contribution in [3.8, 4) is 22.3 Å². The van der Waals surface area contributed by atoms with Gasteiger partial charge in [0.25, 0.3) is 0 Å². The summed E-state index contributed by atoms with van der Waals surface area (Å²) in [5.41, 5.74) is 16.6. The summed E-state index contributed by atoms with van der Waals surface area (Å²) in [4.78, 5) is 0. The van der Waals surface area contributed by atoms with Crippen LogP contribution in [0, 0.1) is 0 Å². The molecule has 2 aliphatic rings. The van der Waals surface area contributed by atoms with E-state index < -0.39 is 6.04 Å². The average Bonchev–Trinajstić information content (AvgIpc) is 3.20. The predicted molar refractivity (Wildman–Crippen MR) is 196 cm³/mol. The Morgan fingerprint density at radius 3 is 1.04 bits per heavy atom. The van der Waals surface area contributed by atoms with Crippen molar-refractivity contribution in [2.75, 3.05) is 7.11 Å². The second kappa shape index (κ2) is 10.8. The molecule has 0 amide bonds. The maximum Gasteiger partial charge on any atom is 1.00 e. The Morgan fingerprint density at radius 2 is 0.733 bits per heavy atom. The van der Waals surface area contributed by atoms with Crippen molar-refractivity contribution in [3.05, 3.63) is 95.1 Å². The molecule has 4 aromatic carbocycles. The van der Waals surface area contributed by atoms with Gasteiger partial charge in [0, 0.05) is 7.11 Å². The third-order valence-corrected chi connectivity index (χ3v) is 10.7. The van der Waals surface area contributed by atoms with Crippen LogP contribution in [0.5, 0.6) is 0 Å². The number of hydrogen-bond acceptors (Lipinski definition) is 1. The Morgan fingerprint density at radius 1 is 0.444 bits per heavy atom. The van der Waals surface area contributed by atoms with Gasteiger partial charge in [-0.05, 0) is 49.5 Å². The molecule has 0 N–H and O–H groups in total. The zero-order valence-corrected chi connectivity index (χ0v) is 30.5. The topological polar surface area (TPSA) is 9.23 Å². The summed E-state index contributed by atoms with van der Waals surface area (Å²) < 4.78 is 6.90. The first kappa shape index (κ1) is 33.9. The number of fused-ring (bicyclic) bond motifs is 9. The van der Waals surface area contributed by atoms with Crippen molar-refractivity contribution >= 4 is 34.7 Å². The molecule has 4 heteroatoms. The smallest absolute Gasteiger partial charge is 0.473 e. The van der Waals surface area contributed by atoms with Crippen LogP contribution in [0.1, 0.15) is 105 Å². The van der Waals surface area contributed by atoms with Gasteiger partial charge in [-0.25, -0.2) is 0 Å². The van der Waals surface area contributed by atoms with Crippen LogP contribution in [0.4, 0.5) is 0 Å². The first-order chi connectivity index (χ1) is 20.3. The molecular weight excluding hydrogens is 537 g/mol. The maximum absolute atomic E-state index is 6.90. The molecule has 45 heavy (non-hydrogen) atoms. The Balaban J connectivity index is 0.00000400. The van der Waals surface area contributed by atoms with E-state index in [0.29, 0.717) is 0 Å². The molecular formula is C41H51B2LiO. The fraction of sp³-hybridized carbons (Fsp3) is 0.415. The molecule has 4 aromatic rings. The van der Waals surface area contributed by atoms with Gasteiger partial charge in [0.05, 0.1) is 6.04 Å². The van der Waals surface area contributed by atoms with Gasteiger partial charge < -0.3 is 4.65 Å². The van der Waals surface area contributed by atoms with E-state index in [1.165, 1.54) is 66.4 Å². The number of rotatable bonds is 1. The van der Waals surface area contributed by atoms with Crippen LogP contribution in [0.3, 0.4) is 0 Å². The first-order valence-corrected chi connectivity index (χ1v) is 16.6. The SMILES string of the molecule is COB1c2cc(C(C)(C)C)ccc2-c2ccc(C(C)(C)C)cc2[B-]12c1cc(C(C)(C)C)ccc1-c1ccc(C(C)(C)C)cc12.[Li+]. The second-order valence-corrected chi connectivity index (χ2v) is 17.8. The van der Waals surface area contributed by atoms with E-state index in [0.717, 1.165) is 0 Å². The quantitative estimate of drug-likeness (QED) is 0.287. The summed E-state index contributed by atoms with van der Waals surface area (Å²) in [5.74, 6) is 0. The first-order valence-electron chi connectivity index (χ1n) is 16.6. The Hall–Kier alpha value is -2.43. The van der Waals surface area contributed by atoms with Crippen LogP contribution < -0.4 is 40.7 Å². The average molecular weight is 588 g/mol. The van der Waals surface area contributed by atoms with Gasteiger partial charge in [0.15, 0.2) is 6.81 Å². The van der Waals surface area contributed by atoms with Crippen molar-refractivity contribution in [1.29, 1.82) is 0 Å². The molecule has 0 unspecified atom stereocenters. The van der Waals surface area contributed by atoms with Gasteiger partial charge in [-0.3, -0.25) is 0 Å². The molecule has 6 rings (SSSR count). The predicted octanol–water partition coefficient (Wildman–Crippen LogP) is 4.94. The van der Waals surface area contributed by atoms with Gasteiger partial charge >= 0.3 is 18.9 Å². The van der Waals surface area contributed by atoms with E-state index in [1.54, 1.807) is 0 Å². The summed E-state index contributed by atoms with van der Waals surface area (Å²) in [7, 11) is 1.94. The Kier molecular flexibility index (Phi) is 8.14. The fourth-order valence-electron chi connectivity index (χ4n) is 8.06. The van der Waals surface area contributed by atoms with Crippen molar-refractivity contribution < 1.29 is 23.5 Å². The van der Waals surface area contributed by atoms with Crippen LogP contribution in [0.2, 0.25) is 0 Å². The van der Waals surface area contributed by atoms with E-state index >= 15 is 0 Å². The minimum absolute atomic E-state index is 0. The van der Waals surface area contributed by atoms with Crippen molar-refractivity contribution in [2.24, 2.45) is 0 Å². The van der Waals surface area contributed by atoms with Crippen molar-refractivity contribution in [3.63, 3.8) is 0 Å². The second-order valence-electron chi connectivity index (χ2n) is 17.8. The van der Waals surface area contributed by atoms with E-state index in [9.17, 15) is 0 Å². The largest absolute Gasteiger partial charge is 1.00 e. The third kappa shape index (κ3) is 5.23. The van der Waals surface area contributed by atoms with E-state index in [1.807, 2.05) is 7.11 Å². The molecule has 0 atom stereocenters. The molecule has 0 saturated carbocycles. The molecule has 1 spiro atoms. The molecule has 228 valence electrons.